The van der Waals surface area contributed by atoms with Crippen LogP contribution in [0.5, 0.6) is 11.5 Å². The topological polar surface area (TPSA) is 56.8 Å². The Morgan fingerprint density at radius 2 is 1.57 bits per heavy atom. The molecule has 1 amide bonds. The van der Waals surface area contributed by atoms with Crippen molar-refractivity contribution < 1.29 is 19.0 Å². The van der Waals surface area contributed by atoms with Crippen LogP contribution in [-0.2, 0) is 9.53 Å². The first-order chi connectivity index (χ1) is 13.6. The van der Waals surface area contributed by atoms with Crippen LogP contribution in [0, 0.1) is 0 Å². The third-order valence-corrected chi connectivity index (χ3v) is 4.64. The molecule has 0 saturated carbocycles. The van der Waals surface area contributed by atoms with Crippen LogP contribution in [0.4, 0.5) is 5.69 Å². The monoisotopic (exact) mass is 379 g/mol. The molecule has 0 heterocycles. The van der Waals surface area contributed by atoms with Gasteiger partial charge in [0.05, 0.1) is 19.6 Å². The Morgan fingerprint density at radius 1 is 0.893 bits per heavy atom. The summed E-state index contributed by atoms with van der Waals surface area (Å²) in [5.74, 6) is 1.23. The van der Waals surface area contributed by atoms with Gasteiger partial charge in [-0.1, -0.05) is 24.3 Å². The molecule has 1 atom stereocenters. The molecule has 5 nitrogen and oxygen atoms in total. The molecule has 3 aromatic rings. The third kappa shape index (κ3) is 4.81. The summed E-state index contributed by atoms with van der Waals surface area (Å²) in [6.07, 6.45) is 0. The summed E-state index contributed by atoms with van der Waals surface area (Å²) in [7, 11) is 3.29. The number of fused-ring (bicyclic) bond motifs is 1. The second kappa shape index (κ2) is 9.24. The van der Waals surface area contributed by atoms with Gasteiger partial charge in [0.25, 0.3) is 0 Å². The average molecular weight is 379 g/mol. The van der Waals surface area contributed by atoms with E-state index in [0.29, 0.717) is 13.2 Å². The normalized spacial score (nSPS) is 11.8. The van der Waals surface area contributed by atoms with Crippen LogP contribution in [-0.4, -0.2) is 33.3 Å². The van der Waals surface area contributed by atoms with Gasteiger partial charge in [0.2, 0.25) is 5.91 Å². The minimum Gasteiger partial charge on any atom is -0.497 e. The average Bonchev–Trinajstić information content (AvgIpc) is 2.73. The molecule has 0 fully saturated rings. The van der Waals surface area contributed by atoms with Crippen LogP contribution >= 0.6 is 0 Å². The van der Waals surface area contributed by atoms with Gasteiger partial charge in [-0.2, -0.15) is 0 Å². The number of hydrogen-bond acceptors (Lipinski definition) is 4. The van der Waals surface area contributed by atoms with Crippen molar-refractivity contribution in [1.82, 2.24) is 0 Å². The highest BCUT2D eigenvalue weighted by atomic mass is 16.5. The Hall–Kier alpha value is -3.05. The Kier molecular flexibility index (Phi) is 6.50. The first-order valence-corrected chi connectivity index (χ1v) is 9.21. The van der Waals surface area contributed by atoms with Crippen LogP contribution in [0.1, 0.15) is 18.4 Å². The summed E-state index contributed by atoms with van der Waals surface area (Å²) in [4.78, 5) is 12.7. The second-order valence-electron chi connectivity index (χ2n) is 6.55. The maximum atomic E-state index is 12.7. The van der Waals surface area contributed by atoms with E-state index in [1.165, 1.54) is 0 Å². The molecule has 0 saturated heterocycles. The van der Waals surface area contributed by atoms with Gasteiger partial charge in [0, 0.05) is 12.8 Å². The molecule has 28 heavy (non-hydrogen) atoms. The fourth-order valence-electron chi connectivity index (χ4n) is 2.92. The van der Waals surface area contributed by atoms with Crippen LogP contribution in [0.25, 0.3) is 10.8 Å². The maximum absolute atomic E-state index is 12.7. The van der Waals surface area contributed by atoms with E-state index in [1.54, 1.807) is 14.2 Å². The number of methoxy groups -OCH3 is 2. The summed E-state index contributed by atoms with van der Waals surface area (Å²) in [6, 6.07) is 19.3. The molecule has 146 valence electrons. The molecule has 3 aromatic carbocycles. The molecule has 0 aliphatic carbocycles. The summed E-state index contributed by atoms with van der Waals surface area (Å²) in [5, 5.41) is 5.12. The lowest BCUT2D eigenvalue weighted by Crippen LogP contribution is -2.18. The number of carbonyl (C=O) groups excluding carboxylic acids is 1. The molecule has 0 bridgehead atoms. The number of hydrogen-bond donors (Lipinski definition) is 1. The molecule has 3 rings (SSSR count). The van der Waals surface area contributed by atoms with E-state index in [2.05, 4.69) is 5.32 Å². The summed E-state index contributed by atoms with van der Waals surface area (Å²) >= 11 is 0. The van der Waals surface area contributed by atoms with Gasteiger partial charge in [-0.15, -0.1) is 0 Å². The van der Waals surface area contributed by atoms with Crippen molar-refractivity contribution in [3.8, 4) is 11.5 Å². The minimum absolute atomic E-state index is 0.0547. The quantitative estimate of drug-likeness (QED) is 0.581. The molecule has 0 radical (unpaired) electrons. The SMILES string of the molecule is COCCOc1ccc(NC(=O)[C@@H](C)c2ccc3cc(OC)ccc3c2)cc1. The van der Waals surface area contributed by atoms with Gasteiger partial charge in [0.15, 0.2) is 0 Å². The molecule has 0 unspecified atom stereocenters. The first kappa shape index (κ1) is 19.7. The zero-order chi connectivity index (χ0) is 19.9. The van der Waals surface area contributed by atoms with E-state index in [1.807, 2.05) is 67.6 Å². The van der Waals surface area contributed by atoms with Crippen molar-refractivity contribution in [2.45, 2.75) is 12.8 Å². The van der Waals surface area contributed by atoms with E-state index >= 15 is 0 Å². The number of carbonyl (C=O) groups is 1. The highest BCUT2D eigenvalue weighted by Gasteiger charge is 2.16. The van der Waals surface area contributed by atoms with E-state index in [0.717, 1.165) is 33.5 Å². The molecular formula is C23H25NO4. The van der Waals surface area contributed by atoms with Gasteiger partial charge in [-0.25, -0.2) is 0 Å². The van der Waals surface area contributed by atoms with E-state index in [9.17, 15) is 4.79 Å². The number of ether oxygens (including phenoxy) is 3. The number of benzene rings is 3. The Morgan fingerprint density at radius 3 is 2.29 bits per heavy atom. The van der Waals surface area contributed by atoms with Crippen molar-refractivity contribution >= 4 is 22.4 Å². The lowest BCUT2D eigenvalue weighted by molar-refractivity contribution is -0.117. The van der Waals surface area contributed by atoms with Crippen LogP contribution in [0.3, 0.4) is 0 Å². The number of nitrogens with one attached hydrogen (secondary N) is 1. The highest BCUT2D eigenvalue weighted by Crippen LogP contribution is 2.26. The number of amides is 1. The lowest BCUT2D eigenvalue weighted by Gasteiger charge is -2.14. The molecule has 1 N–H and O–H groups in total. The molecule has 0 aromatic heterocycles. The first-order valence-electron chi connectivity index (χ1n) is 9.21. The molecule has 0 aliphatic heterocycles. The molecular weight excluding hydrogens is 354 g/mol. The fraction of sp³-hybridized carbons (Fsp3) is 0.261. The standard InChI is InChI=1S/C23H25NO4/c1-16(17-4-5-19-15-22(27-3)9-6-18(19)14-17)23(25)24-20-7-10-21(11-8-20)28-13-12-26-2/h4-11,14-16H,12-13H2,1-3H3,(H,24,25)/t16-/m0/s1. The predicted molar refractivity (Wildman–Crippen MR) is 111 cm³/mol. The van der Waals surface area contributed by atoms with Crippen molar-refractivity contribution in [3.05, 3.63) is 66.2 Å². The van der Waals surface area contributed by atoms with Crippen molar-refractivity contribution in [2.75, 3.05) is 32.8 Å². The third-order valence-electron chi connectivity index (χ3n) is 4.64. The smallest absolute Gasteiger partial charge is 0.231 e. The predicted octanol–water partition coefficient (Wildman–Crippen LogP) is 4.62. The molecule has 5 heteroatoms. The summed E-state index contributed by atoms with van der Waals surface area (Å²) < 4.78 is 15.8. The molecule has 0 spiro atoms. The van der Waals surface area contributed by atoms with Crippen LogP contribution in [0.2, 0.25) is 0 Å². The van der Waals surface area contributed by atoms with Gasteiger partial charge in [0.1, 0.15) is 18.1 Å². The highest BCUT2D eigenvalue weighted by molar-refractivity contribution is 5.96. The van der Waals surface area contributed by atoms with Gasteiger partial charge in [-0.3, -0.25) is 4.79 Å². The fourth-order valence-corrected chi connectivity index (χ4v) is 2.92. The maximum Gasteiger partial charge on any atom is 0.231 e. The van der Waals surface area contributed by atoms with Crippen LogP contribution in [0.15, 0.2) is 60.7 Å². The summed E-state index contributed by atoms with van der Waals surface area (Å²) in [5.41, 5.74) is 1.70. The number of rotatable bonds is 8. The lowest BCUT2D eigenvalue weighted by atomic mass is 9.97. The van der Waals surface area contributed by atoms with Gasteiger partial charge < -0.3 is 19.5 Å². The van der Waals surface area contributed by atoms with Crippen molar-refractivity contribution in [3.63, 3.8) is 0 Å². The van der Waals surface area contributed by atoms with Gasteiger partial charge in [-0.05, 0) is 59.7 Å². The summed E-state index contributed by atoms with van der Waals surface area (Å²) in [6.45, 7) is 2.93. The minimum atomic E-state index is -0.274. The van der Waals surface area contributed by atoms with E-state index < -0.39 is 0 Å². The zero-order valence-corrected chi connectivity index (χ0v) is 16.4. The molecule has 0 aliphatic rings. The zero-order valence-electron chi connectivity index (χ0n) is 16.4. The largest absolute Gasteiger partial charge is 0.497 e. The number of anilines is 1. The Labute approximate surface area is 165 Å². The van der Waals surface area contributed by atoms with Crippen molar-refractivity contribution in [1.29, 1.82) is 0 Å². The van der Waals surface area contributed by atoms with Crippen molar-refractivity contribution in [2.24, 2.45) is 0 Å². The van der Waals surface area contributed by atoms with Crippen LogP contribution < -0.4 is 14.8 Å². The van der Waals surface area contributed by atoms with E-state index in [4.69, 9.17) is 14.2 Å². The Balaban J connectivity index is 1.66. The van der Waals surface area contributed by atoms with Gasteiger partial charge >= 0.3 is 0 Å². The van der Waals surface area contributed by atoms with E-state index in [-0.39, 0.29) is 11.8 Å². The Bertz CT molecular complexity index is 937. The second-order valence-corrected chi connectivity index (χ2v) is 6.55.